The number of carbonyl (C=O) groups excluding carboxylic acids is 2. The number of hydrogen-bond donors (Lipinski definition) is 3. The first-order chi connectivity index (χ1) is 20.6. The van der Waals surface area contributed by atoms with E-state index in [4.69, 9.17) is 11.5 Å². The lowest BCUT2D eigenvalue weighted by Gasteiger charge is -2.42. The molecule has 2 aromatic carbocycles. The third-order valence-corrected chi connectivity index (χ3v) is 10.2. The minimum Gasteiger partial charge on any atom is -0.480 e. The van der Waals surface area contributed by atoms with Crippen LogP contribution >= 0.6 is 0 Å². The number of carboxylic acid groups (broad SMARTS) is 1. The van der Waals surface area contributed by atoms with E-state index in [1.54, 1.807) is 4.90 Å². The zero-order chi connectivity index (χ0) is 31.0. The highest BCUT2D eigenvalue weighted by Crippen LogP contribution is 2.31. The van der Waals surface area contributed by atoms with E-state index in [1.165, 1.54) is 24.9 Å². The van der Waals surface area contributed by atoms with Crippen molar-refractivity contribution < 1.29 is 27.9 Å². The highest BCUT2D eigenvalue weighted by Gasteiger charge is 2.39. The molecule has 3 N–H and O–H groups in total. The van der Waals surface area contributed by atoms with E-state index in [9.17, 15) is 22.8 Å². The quantitative estimate of drug-likeness (QED) is 0.294. The van der Waals surface area contributed by atoms with Crippen molar-refractivity contribution in [2.24, 2.45) is 0 Å². The molecule has 0 radical (unpaired) electrons. The van der Waals surface area contributed by atoms with Crippen LogP contribution in [0.3, 0.4) is 0 Å². The molecule has 0 bridgehead atoms. The van der Waals surface area contributed by atoms with E-state index < -0.39 is 40.6 Å². The molecule has 12 nitrogen and oxygen atoms in total. The number of amides is 2. The minimum atomic E-state index is -4.06. The molecule has 4 rings (SSSR count). The second kappa shape index (κ2) is 14.8. The molecule has 1 atom stereocenters. The van der Waals surface area contributed by atoms with Gasteiger partial charge in [0.05, 0.1) is 26.2 Å². The molecule has 2 saturated heterocycles. The fraction of sp³-hybridized carbons (Fsp3) is 0.500. The zero-order valence-electron chi connectivity index (χ0n) is 24.4. The number of nitrogens with zero attached hydrogens (tertiary/aromatic N) is 4. The van der Waals surface area contributed by atoms with Gasteiger partial charge in [0.2, 0.25) is 11.8 Å². The Morgan fingerprint density at radius 2 is 1.67 bits per heavy atom. The number of piperidine rings is 1. The van der Waals surface area contributed by atoms with Crippen molar-refractivity contribution in [1.82, 2.24) is 29.0 Å². The van der Waals surface area contributed by atoms with E-state index in [0.29, 0.717) is 25.9 Å². The number of fused-ring (bicyclic) bond motifs is 1. The molecule has 0 aromatic heterocycles. The summed E-state index contributed by atoms with van der Waals surface area (Å²) < 4.78 is 30.4. The van der Waals surface area contributed by atoms with Gasteiger partial charge in [0.25, 0.3) is 10.2 Å². The van der Waals surface area contributed by atoms with Gasteiger partial charge in [0.1, 0.15) is 0 Å². The molecule has 2 aliphatic rings. The molecule has 1 unspecified atom stereocenters. The Balaban J connectivity index is 1.46. The Morgan fingerprint density at radius 3 is 2.35 bits per heavy atom. The van der Waals surface area contributed by atoms with E-state index in [0.717, 1.165) is 0 Å². The summed E-state index contributed by atoms with van der Waals surface area (Å²) in [5.41, 5.74) is 1.21. The number of rotatable bonds is 12. The largest absolute Gasteiger partial charge is 0.480 e. The van der Waals surface area contributed by atoms with Gasteiger partial charge in [-0.05, 0) is 36.1 Å². The first-order valence-corrected chi connectivity index (χ1v) is 15.9. The van der Waals surface area contributed by atoms with Crippen LogP contribution in [-0.4, -0.2) is 121 Å². The SMILES string of the molecule is C#CCNC(=O)CNC(=O)CN(C1CCN(C(C)c2cccc3ccccc23)CC1)S(=O)(=O)N1CCN(CC(=O)O)CC1. The Hall–Kier alpha value is -3.54. The number of nitrogens with one attached hydrogen (secondary N) is 2. The molecule has 2 fully saturated rings. The minimum absolute atomic E-state index is 0.0266. The Morgan fingerprint density at radius 1 is 1.00 bits per heavy atom. The fourth-order valence-corrected chi connectivity index (χ4v) is 7.61. The molecule has 2 heterocycles. The predicted molar refractivity (Wildman–Crippen MR) is 163 cm³/mol. The van der Waals surface area contributed by atoms with Crippen LogP contribution in [0.25, 0.3) is 10.8 Å². The number of hydrogen-bond acceptors (Lipinski definition) is 7. The van der Waals surface area contributed by atoms with Crippen molar-refractivity contribution in [3.05, 3.63) is 48.0 Å². The number of carbonyl (C=O) groups is 3. The monoisotopic (exact) mass is 612 g/mol. The average molecular weight is 613 g/mol. The molecule has 2 aromatic rings. The predicted octanol–water partition coefficient (Wildman–Crippen LogP) is 0.480. The van der Waals surface area contributed by atoms with Gasteiger partial charge in [-0.2, -0.15) is 17.0 Å². The maximum absolute atomic E-state index is 13.9. The molecule has 2 aliphatic heterocycles. The lowest BCUT2D eigenvalue weighted by atomic mass is 9.96. The molecular weight excluding hydrogens is 572 g/mol. The number of piperazine rings is 1. The van der Waals surface area contributed by atoms with E-state index in [2.05, 4.69) is 58.7 Å². The molecule has 0 aliphatic carbocycles. The summed E-state index contributed by atoms with van der Waals surface area (Å²) in [5, 5.41) is 16.4. The number of likely N-dealkylation sites (tertiary alicyclic amines) is 1. The molecular formula is C30H40N6O6S. The highest BCUT2D eigenvalue weighted by molar-refractivity contribution is 7.86. The van der Waals surface area contributed by atoms with Crippen molar-refractivity contribution in [3.63, 3.8) is 0 Å². The normalized spacial score (nSPS) is 18.3. The summed E-state index contributed by atoms with van der Waals surface area (Å²) >= 11 is 0. The van der Waals surface area contributed by atoms with Crippen LogP contribution in [-0.2, 0) is 24.6 Å². The fourth-order valence-electron chi connectivity index (χ4n) is 5.82. The molecule has 43 heavy (non-hydrogen) atoms. The van der Waals surface area contributed by atoms with Crippen LogP contribution in [0.5, 0.6) is 0 Å². The van der Waals surface area contributed by atoms with Crippen LogP contribution in [0, 0.1) is 12.3 Å². The highest BCUT2D eigenvalue weighted by atomic mass is 32.2. The first-order valence-electron chi connectivity index (χ1n) is 14.5. The van der Waals surface area contributed by atoms with Crippen molar-refractivity contribution >= 4 is 38.8 Å². The molecule has 13 heteroatoms. The van der Waals surface area contributed by atoms with E-state index >= 15 is 0 Å². The number of carboxylic acids is 1. The van der Waals surface area contributed by atoms with Crippen LogP contribution in [0.2, 0.25) is 0 Å². The topological polar surface area (TPSA) is 143 Å². The van der Waals surface area contributed by atoms with Crippen LogP contribution < -0.4 is 10.6 Å². The van der Waals surface area contributed by atoms with Gasteiger partial charge in [-0.15, -0.1) is 6.42 Å². The van der Waals surface area contributed by atoms with Gasteiger partial charge < -0.3 is 15.7 Å². The maximum atomic E-state index is 13.9. The number of benzene rings is 2. The van der Waals surface area contributed by atoms with E-state index in [1.807, 2.05) is 12.1 Å². The second-order valence-corrected chi connectivity index (χ2v) is 12.8. The smallest absolute Gasteiger partial charge is 0.317 e. The van der Waals surface area contributed by atoms with Crippen LogP contribution in [0.15, 0.2) is 42.5 Å². The zero-order valence-corrected chi connectivity index (χ0v) is 25.3. The molecule has 2 amide bonds. The van der Waals surface area contributed by atoms with Crippen molar-refractivity contribution in [2.45, 2.75) is 31.8 Å². The second-order valence-electron chi connectivity index (χ2n) is 10.9. The van der Waals surface area contributed by atoms with E-state index in [-0.39, 0.29) is 51.9 Å². The third kappa shape index (κ3) is 8.31. The maximum Gasteiger partial charge on any atom is 0.317 e. The van der Waals surface area contributed by atoms with Gasteiger partial charge in [0, 0.05) is 51.4 Å². The molecule has 0 saturated carbocycles. The Bertz CT molecular complexity index is 1440. The van der Waals surface area contributed by atoms with Gasteiger partial charge in [-0.1, -0.05) is 48.4 Å². The lowest BCUT2D eigenvalue weighted by molar-refractivity contribution is -0.138. The number of terminal acetylenes is 1. The molecule has 0 spiro atoms. The summed E-state index contributed by atoms with van der Waals surface area (Å²) in [6.07, 6.45) is 6.21. The van der Waals surface area contributed by atoms with Gasteiger partial charge in [-0.3, -0.25) is 24.2 Å². The standard InChI is InChI=1S/C30H40N6O6S/c1-3-13-31-28(37)20-32-29(38)21-36(43(41,42)35-18-16-33(17-19-35)22-30(39)40)25-11-14-34(15-12-25)23(2)26-10-6-8-24-7-4-5-9-27(24)26/h1,4-10,23,25H,11-22H2,2H3,(H,31,37)(H,32,38)(H,39,40). The first kappa shape index (κ1) is 32.4. The third-order valence-electron chi connectivity index (χ3n) is 8.17. The molecule has 232 valence electrons. The van der Waals surface area contributed by atoms with Crippen LogP contribution in [0.4, 0.5) is 0 Å². The van der Waals surface area contributed by atoms with Gasteiger partial charge in [0.15, 0.2) is 0 Å². The summed E-state index contributed by atoms with van der Waals surface area (Å²) in [6.45, 7) is 3.38. The van der Waals surface area contributed by atoms with Crippen LogP contribution in [0.1, 0.15) is 31.4 Å². The van der Waals surface area contributed by atoms with Crippen molar-refractivity contribution in [3.8, 4) is 12.3 Å². The summed E-state index contributed by atoms with van der Waals surface area (Å²) in [7, 11) is -4.06. The average Bonchev–Trinajstić information content (AvgIpc) is 3.01. The van der Waals surface area contributed by atoms with Gasteiger partial charge in [-0.25, -0.2) is 0 Å². The van der Waals surface area contributed by atoms with Gasteiger partial charge >= 0.3 is 5.97 Å². The Labute approximate surface area is 253 Å². The summed E-state index contributed by atoms with van der Waals surface area (Å²) in [6, 6.07) is 14.2. The lowest BCUT2D eigenvalue weighted by Crippen LogP contribution is -2.58. The Kier molecular flexibility index (Phi) is 11.1. The van der Waals surface area contributed by atoms with Crippen molar-refractivity contribution in [2.75, 3.05) is 65.4 Å². The number of aliphatic carboxylic acids is 1. The summed E-state index contributed by atoms with van der Waals surface area (Å²) in [5.74, 6) is 0.263. The van der Waals surface area contributed by atoms with Crippen molar-refractivity contribution in [1.29, 1.82) is 0 Å². The summed E-state index contributed by atoms with van der Waals surface area (Å²) in [4.78, 5) is 40.0.